The third-order valence-electron chi connectivity index (χ3n) is 2.30. The highest BCUT2D eigenvalue weighted by atomic mass is 16.5. The number of rotatable bonds is 7. The van der Waals surface area contributed by atoms with Crippen LogP contribution in [0.15, 0.2) is 30.3 Å². The molecular formula is C14H18N2O4. The van der Waals surface area contributed by atoms with Gasteiger partial charge in [0.1, 0.15) is 0 Å². The van der Waals surface area contributed by atoms with E-state index in [0.29, 0.717) is 31.0 Å². The molecule has 1 aromatic carbocycles. The minimum Gasteiger partial charge on any atom is -0.478 e. The van der Waals surface area contributed by atoms with Crippen molar-refractivity contribution in [1.29, 1.82) is 0 Å². The van der Waals surface area contributed by atoms with Gasteiger partial charge in [0.15, 0.2) is 0 Å². The van der Waals surface area contributed by atoms with Crippen molar-refractivity contribution in [3.05, 3.63) is 35.9 Å². The van der Waals surface area contributed by atoms with Gasteiger partial charge in [-0.3, -0.25) is 0 Å². The number of aliphatic carboxylic acids is 1. The Balaban J connectivity index is 2.49. The Hall–Kier alpha value is -2.34. The molecule has 6 nitrogen and oxygen atoms in total. The second kappa shape index (κ2) is 8.71. The maximum Gasteiger partial charge on any atom is 0.328 e. The zero-order chi connectivity index (χ0) is 14.8. The van der Waals surface area contributed by atoms with Crippen LogP contribution in [0.1, 0.15) is 12.5 Å². The minimum absolute atomic E-state index is 0.330. The van der Waals surface area contributed by atoms with Crippen LogP contribution in [0.25, 0.3) is 6.08 Å². The fraction of sp³-hybridized carbons (Fsp3) is 0.286. The summed E-state index contributed by atoms with van der Waals surface area (Å²) in [5, 5.41) is 13.9. The number of hydrogen-bond donors (Lipinski definition) is 3. The van der Waals surface area contributed by atoms with Gasteiger partial charge in [-0.1, -0.05) is 12.1 Å². The quantitative estimate of drug-likeness (QED) is 0.525. The zero-order valence-corrected chi connectivity index (χ0v) is 11.3. The summed E-state index contributed by atoms with van der Waals surface area (Å²) in [7, 11) is 0. The van der Waals surface area contributed by atoms with Gasteiger partial charge in [-0.2, -0.15) is 0 Å². The summed E-state index contributed by atoms with van der Waals surface area (Å²) in [6.45, 7) is 3.39. The summed E-state index contributed by atoms with van der Waals surface area (Å²) < 4.78 is 5.10. The second-order valence-corrected chi connectivity index (χ2v) is 3.87. The highest BCUT2D eigenvalue weighted by Gasteiger charge is 2.01. The highest BCUT2D eigenvalue weighted by molar-refractivity contribution is 5.90. The van der Waals surface area contributed by atoms with E-state index < -0.39 is 5.97 Å². The number of nitrogens with one attached hydrogen (secondary N) is 2. The third-order valence-corrected chi connectivity index (χ3v) is 2.30. The van der Waals surface area contributed by atoms with E-state index in [1.807, 2.05) is 6.92 Å². The molecule has 108 valence electrons. The zero-order valence-electron chi connectivity index (χ0n) is 11.3. The maximum atomic E-state index is 11.6. The van der Waals surface area contributed by atoms with E-state index in [4.69, 9.17) is 9.84 Å². The second-order valence-electron chi connectivity index (χ2n) is 3.87. The number of urea groups is 1. The summed E-state index contributed by atoms with van der Waals surface area (Å²) in [5.41, 5.74) is 1.28. The Morgan fingerprint density at radius 3 is 2.90 bits per heavy atom. The summed E-state index contributed by atoms with van der Waals surface area (Å²) >= 11 is 0. The standard InChI is InChI=1S/C14H18N2O4/c1-2-20-9-8-15-14(19)16-12-5-3-4-11(10-12)6-7-13(17)18/h3-7,10H,2,8-9H2,1H3,(H,17,18)(H2,15,16,19)/b7-6+. The van der Waals surface area contributed by atoms with Gasteiger partial charge >= 0.3 is 12.0 Å². The van der Waals surface area contributed by atoms with Gasteiger partial charge < -0.3 is 20.5 Å². The normalized spacial score (nSPS) is 10.4. The highest BCUT2D eigenvalue weighted by Crippen LogP contribution is 2.11. The predicted octanol–water partition coefficient (Wildman–Crippen LogP) is 1.94. The van der Waals surface area contributed by atoms with Crippen LogP contribution in [0.5, 0.6) is 0 Å². The van der Waals surface area contributed by atoms with Crippen LogP contribution < -0.4 is 10.6 Å². The number of ether oxygens (including phenoxy) is 1. The Morgan fingerprint density at radius 2 is 2.20 bits per heavy atom. The summed E-state index contributed by atoms with van der Waals surface area (Å²) in [4.78, 5) is 22.0. The van der Waals surface area contributed by atoms with E-state index >= 15 is 0 Å². The number of carbonyl (C=O) groups excluding carboxylic acids is 1. The summed E-state index contributed by atoms with van der Waals surface area (Å²) in [6.07, 6.45) is 2.50. The van der Waals surface area contributed by atoms with E-state index in [9.17, 15) is 9.59 Å². The molecule has 0 aliphatic carbocycles. The molecule has 0 heterocycles. The largest absolute Gasteiger partial charge is 0.478 e. The lowest BCUT2D eigenvalue weighted by Gasteiger charge is -2.08. The number of hydrogen-bond acceptors (Lipinski definition) is 3. The minimum atomic E-state index is -1.02. The van der Waals surface area contributed by atoms with Crippen molar-refractivity contribution in [1.82, 2.24) is 5.32 Å². The molecule has 0 radical (unpaired) electrons. The van der Waals surface area contributed by atoms with Crippen molar-refractivity contribution in [2.24, 2.45) is 0 Å². The summed E-state index contributed by atoms with van der Waals surface area (Å²) in [5.74, 6) is -1.02. The lowest BCUT2D eigenvalue weighted by molar-refractivity contribution is -0.131. The Bertz CT molecular complexity index is 486. The maximum absolute atomic E-state index is 11.6. The van der Waals surface area contributed by atoms with E-state index in [1.54, 1.807) is 24.3 Å². The van der Waals surface area contributed by atoms with Crippen LogP contribution >= 0.6 is 0 Å². The molecule has 2 amide bonds. The van der Waals surface area contributed by atoms with E-state index in [1.165, 1.54) is 6.08 Å². The first kappa shape index (κ1) is 15.7. The molecular weight excluding hydrogens is 260 g/mol. The molecule has 0 atom stereocenters. The molecule has 0 aliphatic heterocycles. The molecule has 6 heteroatoms. The number of benzene rings is 1. The van der Waals surface area contributed by atoms with Crippen molar-refractivity contribution in [3.8, 4) is 0 Å². The van der Waals surface area contributed by atoms with Crippen molar-refractivity contribution in [3.63, 3.8) is 0 Å². The average molecular weight is 278 g/mol. The number of carbonyl (C=O) groups is 2. The van der Waals surface area contributed by atoms with Gasteiger partial charge in [-0.15, -0.1) is 0 Å². The van der Waals surface area contributed by atoms with Gasteiger partial charge in [0.25, 0.3) is 0 Å². The SMILES string of the molecule is CCOCCNC(=O)Nc1cccc(/C=C/C(=O)O)c1. The van der Waals surface area contributed by atoms with Crippen LogP contribution in [0.4, 0.5) is 10.5 Å². The smallest absolute Gasteiger partial charge is 0.328 e. The molecule has 3 N–H and O–H groups in total. The first-order chi connectivity index (χ1) is 9.61. The monoisotopic (exact) mass is 278 g/mol. The van der Waals surface area contributed by atoms with Crippen LogP contribution in [0.3, 0.4) is 0 Å². The molecule has 20 heavy (non-hydrogen) atoms. The average Bonchev–Trinajstić information content (AvgIpc) is 2.42. The first-order valence-electron chi connectivity index (χ1n) is 6.25. The molecule has 0 spiro atoms. The molecule has 0 saturated heterocycles. The van der Waals surface area contributed by atoms with Crippen LogP contribution in [-0.2, 0) is 9.53 Å². The Kier molecular flexibility index (Phi) is 6.84. The van der Waals surface area contributed by atoms with Crippen molar-refractivity contribution < 1.29 is 19.4 Å². The van der Waals surface area contributed by atoms with Crippen molar-refractivity contribution in [2.45, 2.75) is 6.92 Å². The van der Waals surface area contributed by atoms with Crippen LogP contribution in [0.2, 0.25) is 0 Å². The van der Waals surface area contributed by atoms with Gasteiger partial charge in [0, 0.05) is 24.9 Å². The fourth-order valence-corrected chi connectivity index (χ4v) is 1.44. The Labute approximate surface area is 117 Å². The van der Waals surface area contributed by atoms with Gasteiger partial charge in [0.05, 0.1) is 6.61 Å². The first-order valence-corrected chi connectivity index (χ1v) is 6.25. The third kappa shape index (κ3) is 6.55. The lowest BCUT2D eigenvalue weighted by Crippen LogP contribution is -2.31. The van der Waals surface area contributed by atoms with Gasteiger partial charge in [0.2, 0.25) is 0 Å². The Morgan fingerprint density at radius 1 is 1.40 bits per heavy atom. The lowest BCUT2D eigenvalue weighted by atomic mass is 10.2. The number of amides is 2. The number of carboxylic acid groups (broad SMARTS) is 1. The fourth-order valence-electron chi connectivity index (χ4n) is 1.44. The molecule has 0 fully saturated rings. The molecule has 0 saturated carbocycles. The molecule has 0 aliphatic rings. The van der Waals surface area contributed by atoms with Crippen LogP contribution in [-0.4, -0.2) is 36.9 Å². The number of carboxylic acids is 1. The van der Waals surface area contributed by atoms with Crippen LogP contribution in [0, 0.1) is 0 Å². The van der Waals surface area contributed by atoms with Crippen molar-refractivity contribution >= 4 is 23.8 Å². The molecule has 0 unspecified atom stereocenters. The summed E-state index contributed by atoms with van der Waals surface area (Å²) in [6, 6.07) is 6.56. The van der Waals surface area contributed by atoms with E-state index in [2.05, 4.69) is 10.6 Å². The van der Waals surface area contributed by atoms with E-state index in [0.717, 1.165) is 6.08 Å². The molecule has 1 aromatic rings. The van der Waals surface area contributed by atoms with E-state index in [-0.39, 0.29) is 6.03 Å². The topological polar surface area (TPSA) is 87.7 Å². The molecule has 0 aromatic heterocycles. The van der Waals surface area contributed by atoms with Gasteiger partial charge in [-0.05, 0) is 30.7 Å². The number of anilines is 1. The predicted molar refractivity (Wildman–Crippen MR) is 76.6 cm³/mol. The van der Waals surface area contributed by atoms with Gasteiger partial charge in [-0.25, -0.2) is 9.59 Å². The van der Waals surface area contributed by atoms with Crippen molar-refractivity contribution in [2.75, 3.05) is 25.1 Å². The molecule has 0 bridgehead atoms. The molecule has 1 rings (SSSR count).